The molecular formula is C16H18N2O2S. The van der Waals surface area contributed by atoms with Gasteiger partial charge < -0.3 is 4.74 Å². The van der Waals surface area contributed by atoms with Crippen molar-refractivity contribution in [1.29, 1.82) is 0 Å². The van der Waals surface area contributed by atoms with E-state index >= 15 is 0 Å². The molecule has 0 N–H and O–H groups in total. The average molecular weight is 302 g/mol. The van der Waals surface area contributed by atoms with Crippen molar-refractivity contribution in [3.8, 4) is 5.75 Å². The third-order valence-corrected chi connectivity index (χ3v) is 4.63. The molecular weight excluding hydrogens is 284 g/mol. The normalized spacial score (nSPS) is 17.1. The minimum Gasteiger partial charge on any atom is -0.481 e. The van der Waals surface area contributed by atoms with Gasteiger partial charge in [-0.2, -0.15) is 5.10 Å². The second-order valence-corrected chi connectivity index (χ2v) is 6.16. The second kappa shape index (κ2) is 5.93. The summed E-state index contributed by atoms with van der Waals surface area (Å²) in [6.45, 7) is 4.76. The van der Waals surface area contributed by atoms with Gasteiger partial charge in [0.2, 0.25) is 0 Å². The van der Waals surface area contributed by atoms with Crippen molar-refractivity contribution in [1.82, 2.24) is 9.78 Å². The quantitative estimate of drug-likeness (QED) is 0.871. The van der Waals surface area contributed by atoms with Crippen LogP contribution in [-0.4, -0.2) is 27.4 Å². The Morgan fingerprint density at radius 1 is 1.48 bits per heavy atom. The van der Waals surface area contributed by atoms with Gasteiger partial charge in [-0.05, 0) is 32.0 Å². The number of thioether (sulfide) groups is 1. The topological polar surface area (TPSA) is 44.1 Å². The lowest BCUT2D eigenvalue weighted by molar-refractivity contribution is -0.124. The van der Waals surface area contributed by atoms with Crippen molar-refractivity contribution in [3.05, 3.63) is 41.7 Å². The number of aryl methyl sites for hydroxylation is 2. The van der Waals surface area contributed by atoms with Crippen LogP contribution in [0.15, 0.2) is 35.2 Å². The highest BCUT2D eigenvalue weighted by Gasteiger charge is 2.27. The van der Waals surface area contributed by atoms with Crippen LogP contribution in [0.1, 0.15) is 18.3 Å². The van der Waals surface area contributed by atoms with Gasteiger partial charge in [0.1, 0.15) is 5.75 Å². The van der Waals surface area contributed by atoms with E-state index in [4.69, 9.17) is 4.74 Å². The summed E-state index contributed by atoms with van der Waals surface area (Å²) >= 11 is 1.68. The maximum atomic E-state index is 12.5. The van der Waals surface area contributed by atoms with Gasteiger partial charge >= 0.3 is 0 Å². The number of hydrogen-bond acceptors (Lipinski definition) is 4. The molecule has 0 aliphatic carbocycles. The van der Waals surface area contributed by atoms with Gasteiger partial charge in [0.15, 0.2) is 11.9 Å². The van der Waals surface area contributed by atoms with E-state index in [9.17, 15) is 4.79 Å². The number of rotatable bonds is 4. The number of para-hydroxylation sites is 1. The minimum atomic E-state index is -0.370. The van der Waals surface area contributed by atoms with Crippen LogP contribution in [0.3, 0.4) is 0 Å². The number of ether oxygens (including phenoxy) is 1. The van der Waals surface area contributed by atoms with Crippen molar-refractivity contribution >= 4 is 17.5 Å². The SMILES string of the molecule is CCn1nc(C)cc1CC(=O)C1CSc2ccccc2O1. The fourth-order valence-corrected chi connectivity index (χ4v) is 3.50. The second-order valence-electron chi connectivity index (χ2n) is 5.10. The number of fused-ring (bicyclic) bond motifs is 1. The molecule has 1 aliphatic heterocycles. The smallest absolute Gasteiger partial charge is 0.180 e. The largest absolute Gasteiger partial charge is 0.481 e. The molecule has 4 nitrogen and oxygen atoms in total. The van der Waals surface area contributed by atoms with Crippen LogP contribution in [-0.2, 0) is 17.8 Å². The number of nitrogens with zero attached hydrogens (tertiary/aromatic N) is 2. The van der Waals surface area contributed by atoms with Gasteiger partial charge in [-0.25, -0.2) is 0 Å². The van der Waals surface area contributed by atoms with E-state index < -0.39 is 0 Å². The molecule has 1 atom stereocenters. The Labute approximate surface area is 128 Å². The first kappa shape index (κ1) is 14.2. The van der Waals surface area contributed by atoms with E-state index in [1.54, 1.807) is 11.8 Å². The van der Waals surface area contributed by atoms with Crippen LogP contribution in [0.2, 0.25) is 0 Å². The fourth-order valence-electron chi connectivity index (χ4n) is 2.49. The summed E-state index contributed by atoms with van der Waals surface area (Å²) in [5.74, 6) is 1.61. The Kier molecular flexibility index (Phi) is 4.01. The number of ketones is 1. The summed E-state index contributed by atoms with van der Waals surface area (Å²) in [6, 6.07) is 9.84. The first-order valence-corrected chi connectivity index (χ1v) is 8.10. The molecule has 21 heavy (non-hydrogen) atoms. The number of carbonyl (C=O) groups excluding carboxylic acids is 1. The number of benzene rings is 1. The summed E-state index contributed by atoms with van der Waals surface area (Å²) in [5, 5.41) is 4.38. The zero-order chi connectivity index (χ0) is 14.8. The first-order valence-electron chi connectivity index (χ1n) is 7.12. The molecule has 0 saturated heterocycles. The summed E-state index contributed by atoms with van der Waals surface area (Å²) in [6.07, 6.45) is 0.00707. The van der Waals surface area contributed by atoms with E-state index in [2.05, 4.69) is 5.10 Å². The molecule has 110 valence electrons. The summed E-state index contributed by atoms with van der Waals surface area (Å²) in [5.41, 5.74) is 1.91. The third-order valence-electron chi connectivity index (χ3n) is 3.51. The molecule has 2 aromatic rings. The predicted molar refractivity (Wildman–Crippen MR) is 82.9 cm³/mol. The Morgan fingerprint density at radius 2 is 2.29 bits per heavy atom. The average Bonchev–Trinajstić information content (AvgIpc) is 2.86. The highest BCUT2D eigenvalue weighted by molar-refractivity contribution is 7.99. The minimum absolute atomic E-state index is 0.117. The van der Waals surface area contributed by atoms with E-state index in [-0.39, 0.29) is 11.9 Å². The van der Waals surface area contributed by atoms with Crippen LogP contribution >= 0.6 is 11.8 Å². The maximum Gasteiger partial charge on any atom is 0.180 e. The maximum absolute atomic E-state index is 12.5. The van der Waals surface area contributed by atoms with Gasteiger partial charge in [-0.1, -0.05) is 12.1 Å². The molecule has 1 aromatic carbocycles. The zero-order valence-electron chi connectivity index (χ0n) is 12.2. The molecule has 0 bridgehead atoms. The number of Topliss-reactive ketones (excluding diaryl/α,β-unsaturated/α-hetero) is 1. The first-order chi connectivity index (χ1) is 10.2. The molecule has 3 rings (SSSR count). The van der Waals surface area contributed by atoms with Gasteiger partial charge in [-0.15, -0.1) is 11.8 Å². The summed E-state index contributed by atoms with van der Waals surface area (Å²) in [7, 11) is 0. The monoisotopic (exact) mass is 302 g/mol. The van der Waals surface area contributed by atoms with Crippen molar-refractivity contribution in [3.63, 3.8) is 0 Å². The van der Waals surface area contributed by atoms with Crippen molar-refractivity contribution in [2.75, 3.05) is 5.75 Å². The van der Waals surface area contributed by atoms with E-state index in [0.29, 0.717) is 12.2 Å². The van der Waals surface area contributed by atoms with Gasteiger partial charge in [0.25, 0.3) is 0 Å². The Balaban J connectivity index is 1.72. The lowest BCUT2D eigenvalue weighted by Gasteiger charge is -2.24. The standard InChI is InChI=1S/C16H18N2O2S/c1-3-18-12(8-11(2)17-18)9-13(19)15-10-21-16-7-5-4-6-14(16)20-15/h4-8,15H,3,9-10H2,1-2H3. The molecule has 5 heteroatoms. The van der Waals surface area contributed by atoms with Crippen molar-refractivity contribution in [2.24, 2.45) is 0 Å². The van der Waals surface area contributed by atoms with Crippen molar-refractivity contribution < 1.29 is 9.53 Å². The number of hydrogen-bond donors (Lipinski definition) is 0. The Hall–Kier alpha value is -1.75. The highest BCUT2D eigenvalue weighted by atomic mass is 32.2. The summed E-state index contributed by atoms with van der Waals surface area (Å²) in [4.78, 5) is 13.6. The lowest BCUT2D eigenvalue weighted by atomic mass is 10.1. The van der Waals surface area contributed by atoms with Crippen LogP contribution in [0, 0.1) is 6.92 Å². The van der Waals surface area contributed by atoms with Crippen LogP contribution < -0.4 is 4.74 Å². The predicted octanol–water partition coefficient (Wildman–Crippen LogP) is 2.88. The molecule has 1 aromatic heterocycles. The van der Waals surface area contributed by atoms with Crippen molar-refractivity contribution in [2.45, 2.75) is 37.8 Å². The number of aromatic nitrogens is 2. The zero-order valence-corrected chi connectivity index (χ0v) is 13.0. The van der Waals surface area contributed by atoms with Gasteiger partial charge in [0.05, 0.1) is 12.1 Å². The van der Waals surface area contributed by atoms with E-state index in [1.165, 1.54) is 0 Å². The lowest BCUT2D eigenvalue weighted by Crippen LogP contribution is -2.33. The molecule has 0 fully saturated rings. The third kappa shape index (κ3) is 2.97. The molecule has 0 saturated carbocycles. The van der Waals surface area contributed by atoms with Crippen LogP contribution in [0.4, 0.5) is 0 Å². The number of carbonyl (C=O) groups is 1. The molecule has 0 radical (unpaired) electrons. The van der Waals surface area contributed by atoms with Gasteiger partial charge in [0, 0.05) is 22.9 Å². The van der Waals surface area contributed by atoms with E-state index in [1.807, 2.05) is 48.9 Å². The molecule has 1 aliphatic rings. The van der Waals surface area contributed by atoms with Crippen LogP contribution in [0.5, 0.6) is 5.75 Å². The van der Waals surface area contributed by atoms with Gasteiger partial charge in [-0.3, -0.25) is 9.48 Å². The van der Waals surface area contributed by atoms with E-state index in [0.717, 1.165) is 28.6 Å². The molecule has 0 amide bonds. The summed E-state index contributed by atoms with van der Waals surface area (Å²) < 4.78 is 7.73. The van der Waals surface area contributed by atoms with Crippen LogP contribution in [0.25, 0.3) is 0 Å². The molecule has 0 spiro atoms. The highest BCUT2D eigenvalue weighted by Crippen LogP contribution is 2.35. The molecule has 1 unspecified atom stereocenters. The Bertz CT molecular complexity index is 666. The molecule has 2 heterocycles. The fraction of sp³-hybridized carbons (Fsp3) is 0.375. The Morgan fingerprint density at radius 3 is 3.10 bits per heavy atom.